The van der Waals surface area contributed by atoms with E-state index in [1.165, 1.54) is 10.5 Å². The summed E-state index contributed by atoms with van der Waals surface area (Å²) in [7, 11) is 0. The van der Waals surface area contributed by atoms with Crippen LogP contribution in [-0.4, -0.2) is 42.7 Å². The molecule has 2 rings (SSSR count). The number of rotatable bonds is 3. The standard InChI is InChI=1S/C14H20N2OS/c1-12-4-2-5-13(10-12)18-11-14(17)16-8-3-6-15-7-9-16/h2,4-5,10,15H,3,6-9,11H2,1H3. The van der Waals surface area contributed by atoms with Crippen LogP contribution in [-0.2, 0) is 4.79 Å². The number of amides is 1. The van der Waals surface area contributed by atoms with Crippen molar-refractivity contribution in [1.82, 2.24) is 10.2 Å². The van der Waals surface area contributed by atoms with Crippen molar-refractivity contribution in [2.75, 3.05) is 31.9 Å². The Morgan fingerprint density at radius 3 is 3.11 bits per heavy atom. The monoisotopic (exact) mass is 264 g/mol. The second-order valence-corrected chi connectivity index (χ2v) is 5.64. The van der Waals surface area contributed by atoms with Crippen molar-refractivity contribution < 1.29 is 4.79 Å². The number of carbonyl (C=O) groups excluding carboxylic acids is 1. The highest BCUT2D eigenvalue weighted by atomic mass is 32.2. The maximum atomic E-state index is 12.1. The smallest absolute Gasteiger partial charge is 0.232 e. The van der Waals surface area contributed by atoms with Crippen LogP contribution in [0.3, 0.4) is 0 Å². The number of thioether (sulfide) groups is 1. The van der Waals surface area contributed by atoms with Crippen LogP contribution in [0.4, 0.5) is 0 Å². The molecular formula is C14H20N2OS. The van der Waals surface area contributed by atoms with Crippen molar-refractivity contribution in [3.8, 4) is 0 Å². The van der Waals surface area contributed by atoms with Gasteiger partial charge in [0.1, 0.15) is 0 Å². The first-order valence-corrected chi connectivity index (χ1v) is 7.42. The van der Waals surface area contributed by atoms with E-state index in [9.17, 15) is 4.79 Å². The van der Waals surface area contributed by atoms with Crippen LogP contribution in [0.2, 0.25) is 0 Å². The molecule has 1 aliphatic heterocycles. The summed E-state index contributed by atoms with van der Waals surface area (Å²) < 4.78 is 0. The van der Waals surface area contributed by atoms with Gasteiger partial charge in [-0.1, -0.05) is 17.7 Å². The SMILES string of the molecule is Cc1cccc(SCC(=O)N2CCCNCC2)c1. The van der Waals surface area contributed by atoms with Crippen LogP contribution in [0, 0.1) is 6.92 Å². The second-order valence-electron chi connectivity index (χ2n) is 4.59. The Labute approximate surface area is 113 Å². The predicted molar refractivity (Wildman–Crippen MR) is 76.0 cm³/mol. The van der Waals surface area contributed by atoms with Gasteiger partial charge in [-0.3, -0.25) is 4.79 Å². The van der Waals surface area contributed by atoms with E-state index in [0.717, 1.165) is 32.6 Å². The average molecular weight is 264 g/mol. The van der Waals surface area contributed by atoms with Gasteiger partial charge in [-0.15, -0.1) is 11.8 Å². The van der Waals surface area contributed by atoms with Crippen molar-refractivity contribution in [3.05, 3.63) is 29.8 Å². The topological polar surface area (TPSA) is 32.3 Å². The molecule has 1 amide bonds. The fraction of sp³-hybridized carbons (Fsp3) is 0.500. The molecule has 0 aromatic heterocycles. The number of nitrogens with one attached hydrogen (secondary N) is 1. The lowest BCUT2D eigenvalue weighted by Crippen LogP contribution is -2.35. The third kappa shape index (κ3) is 4.03. The second kappa shape index (κ2) is 6.81. The molecule has 0 saturated carbocycles. The van der Waals surface area contributed by atoms with Gasteiger partial charge in [0.25, 0.3) is 0 Å². The first-order valence-electron chi connectivity index (χ1n) is 6.44. The molecule has 1 aromatic carbocycles. The minimum atomic E-state index is 0.255. The minimum Gasteiger partial charge on any atom is -0.341 e. The number of aryl methyl sites for hydroxylation is 1. The van der Waals surface area contributed by atoms with Crippen molar-refractivity contribution in [1.29, 1.82) is 0 Å². The van der Waals surface area contributed by atoms with Crippen molar-refractivity contribution >= 4 is 17.7 Å². The number of hydrogen-bond donors (Lipinski definition) is 1. The molecule has 18 heavy (non-hydrogen) atoms. The maximum absolute atomic E-state index is 12.1. The first-order chi connectivity index (χ1) is 8.75. The van der Waals surface area contributed by atoms with Gasteiger partial charge in [-0.25, -0.2) is 0 Å². The lowest BCUT2D eigenvalue weighted by Gasteiger charge is -2.19. The summed E-state index contributed by atoms with van der Waals surface area (Å²) in [5, 5.41) is 3.31. The zero-order chi connectivity index (χ0) is 12.8. The Morgan fingerprint density at radius 2 is 2.28 bits per heavy atom. The van der Waals surface area contributed by atoms with E-state index in [0.29, 0.717) is 5.75 Å². The van der Waals surface area contributed by atoms with Crippen molar-refractivity contribution in [3.63, 3.8) is 0 Å². The van der Waals surface area contributed by atoms with E-state index in [4.69, 9.17) is 0 Å². The summed E-state index contributed by atoms with van der Waals surface area (Å²) in [5.74, 6) is 0.800. The molecule has 4 heteroatoms. The molecular weight excluding hydrogens is 244 g/mol. The van der Waals surface area contributed by atoms with Crippen molar-refractivity contribution in [2.45, 2.75) is 18.2 Å². The summed E-state index contributed by atoms with van der Waals surface area (Å²) in [6.45, 7) is 5.75. The molecule has 1 saturated heterocycles. The van der Waals surface area contributed by atoms with Gasteiger partial charge < -0.3 is 10.2 Å². The van der Waals surface area contributed by atoms with Gasteiger partial charge in [0, 0.05) is 24.5 Å². The fourth-order valence-corrected chi connectivity index (χ4v) is 2.95. The van der Waals surface area contributed by atoms with Gasteiger partial charge in [0.15, 0.2) is 0 Å². The van der Waals surface area contributed by atoms with E-state index in [-0.39, 0.29) is 5.91 Å². The normalized spacial score (nSPS) is 16.4. The van der Waals surface area contributed by atoms with Crippen LogP contribution in [0.1, 0.15) is 12.0 Å². The van der Waals surface area contributed by atoms with E-state index in [2.05, 4.69) is 30.4 Å². The highest BCUT2D eigenvalue weighted by Gasteiger charge is 2.15. The van der Waals surface area contributed by atoms with E-state index < -0.39 is 0 Å². The van der Waals surface area contributed by atoms with E-state index in [1.54, 1.807) is 11.8 Å². The van der Waals surface area contributed by atoms with Crippen LogP contribution >= 0.6 is 11.8 Å². The lowest BCUT2D eigenvalue weighted by molar-refractivity contribution is -0.128. The van der Waals surface area contributed by atoms with Gasteiger partial charge in [0.05, 0.1) is 5.75 Å². The minimum absolute atomic E-state index is 0.255. The number of benzene rings is 1. The Bertz CT molecular complexity index is 401. The number of nitrogens with zero attached hydrogens (tertiary/aromatic N) is 1. The Morgan fingerprint density at radius 1 is 1.39 bits per heavy atom. The highest BCUT2D eigenvalue weighted by Crippen LogP contribution is 2.19. The van der Waals surface area contributed by atoms with Gasteiger partial charge in [-0.2, -0.15) is 0 Å². The summed E-state index contributed by atoms with van der Waals surface area (Å²) >= 11 is 1.63. The van der Waals surface area contributed by atoms with E-state index in [1.807, 2.05) is 11.0 Å². The summed E-state index contributed by atoms with van der Waals surface area (Å²) in [6, 6.07) is 8.31. The Balaban J connectivity index is 1.83. The van der Waals surface area contributed by atoms with Crippen LogP contribution < -0.4 is 5.32 Å². The van der Waals surface area contributed by atoms with Gasteiger partial charge in [0.2, 0.25) is 5.91 Å². The van der Waals surface area contributed by atoms with Crippen molar-refractivity contribution in [2.24, 2.45) is 0 Å². The molecule has 0 spiro atoms. The predicted octanol–water partition coefficient (Wildman–Crippen LogP) is 1.91. The van der Waals surface area contributed by atoms with Crippen LogP contribution in [0.25, 0.3) is 0 Å². The molecule has 3 nitrogen and oxygen atoms in total. The molecule has 0 aliphatic carbocycles. The molecule has 0 radical (unpaired) electrons. The molecule has 1 aromatic rings. The third-order valence-electron chi connectivity index (χ3n) is 3.04. The fourth-order valence-electron chi connectivity index (χ4n) is 2.04. The first kappa shape index (κ1) is 13.4. The quantitative estimate of drug-likeness (QED) is 0.846. The zero-order valence-electron chi connectivity index (χ0n) is 10.8. The summed E-state index contributed by atoms with van der Waals surface area (Å²) in [5.41, 5.74) is 1.24. The molecule has 1 heterocycles. The lowest BCUT2D eigenvalue weighted by atomic mass is 10.2. The average Bonchev–Trinajstić information content (AvgIpc) is 2.65. The molecule has 1 N–H and O–H groups in total. The number of hydrogen-bond acceptors (Lipinski definition) is 3. The number of carbonyl (C=O) groups is 1. The maximum Gasteiger partial charge on any atom is 0.232 e. The molecule has 0 bridgehead atoms. The van der Waals surface area contributed by atoms with Crippen LogP contribution in [0.5, 0.6) is 0 Å². The summed E-state index contributed by atoms with van der Waals surface area (Å²) in [4.78, 5) is 15.2. The van der Waals surface area contributed by atoms with Gasteiger partial charge >= 0.3 is 0 Å². The Kier molecular flexibility index (Phi) is 5.08. The zero-order valence-corrected chi connectivity index (χ0v) is 11.6. The summed E-state index contributed by atoms with van der Waals surface area (Å²) in [6.07, 6.45) is 1.06. The Hall–Kier alpha value is -1.00. The third-order valence-corrected chi connectivity index (χ3v) is 4.02. The van der Waals surface area contributed by atoms with Gasteiger partial charge in [-0.05, 0) is 32.0 Å². The van der Waals surface area contributed by atoms with Crippen LogP contribution in [0.15, 0.2) is 29.2 Å². The molecule has 98 valence electrons. The van der Waals surface area contributed by atoms with E-state index >= 15 is 0 Å². The molecule has 1 aliphatic rings. The highest BCUT2D eigenvalue weighted by molar-refractivity contribution is 8.00. The molecule has 0 atom stereocenters. The largest absolute Gasteiger partial charge is 0.341 e. The molecule has 0 unspecified atom stereocenters. The molecule has 1 fully saturated rings.